The highest BCUT2D eigenvalue weighted by molar-refractivity contribution is 5.74. The number of benzene rings is 3. The number of carboxylic acid groups (broad SMARTS) is 1. The number of nitrogens with zero attached hydrogens (tertiary/aromatic N) is 4. The molecule has 0 unspecified atom stereocenters. The van der Waals surface area contributed by atoms with Crippen LogP contribution in [0.5, 0.6) is 11.5 Å². The second-order valence-electron chi connectivity index (χ2n) is 13.7. The lowest BCUT2D eigenvalue weighted by atomic mass is 9.87. The number of halogens is 1. The first-order chi connectivity index (χ1) is 23.3. The average Bonchev–Trinajstić information content (AvgIpc) is 3.70. The van der Waals surface area contributed by atoms with Crippen LogP contribution in [0.15, 0.2) is 84.9 Å². The standard InChI is InChI=1S/C40H49FN4O3/c1-4-28(3)39(40(46)47)44-26-32(37(27-44)31-10-9-11-33(41)23-31)25-43-20-18-30(19-21-43)38-24-34(42-45(38)5-2)22-29-14-16-36(17-15-29)48-35-12-7-6-8-13-35/h6-17,23-24,28,30,32,37,39H,4-5,18-22,25-27H2,1-3H3,(H,46,47)/t28-,32+,37-,39-/m1/s1. The van der Waals surface area contributed by atoms with Crippen LogP contribution in [0.3, 0.4) is 0 Å². The zero-order valence-corrected chi connectivity index (χ0v) is 28.5. The Kier molecular flexibility index (Phi) is 10.9. The summed E-state index contributed by atoms with van der Waals surface area (Å²) in [6.45, 7) is 11.3. The predicted octanol–water partition coefficient (Wildman–Crippen LogP) is 7.82. The minimum Gasteiger partial charge on any atom is -0.480 e. The van der Waals surface area contributed by atoms with Crippen molar-refractivity contribution in [3.05, 3.63) is 113 Å². The van der Waals surface area contributed by atoms with E-state index in [-0.39, 0.29) is 23.6 Å². The molecule has 7 nitrogen and oxygen atoms in total. The molecule has 2 saturated heterocycles. The molecule has 48 heavy (non-hydrogen) atoms. The molecule has 0 saturated carbocycles. The fraction of sp³-hybridized carbons (Fsp3) is 0.450. The Hall–Kier alpha value is -4.01. The molecule has 6 rings (SSSR count). The normalized spacial score (nSPS) is 20.5. The maximum absolute atomic E-state index is 14.3. The number of piperidine rings is 1. The number of carboxylic acids is 1. The van der Waals surface area contributed by atoms with Gasteiger partial charge in [-0.3, -0.25) is 14.4 Å². The van der Waals surface area contributed by atoms with E-state index in [0.29, 0.717) is 19.0 Å². The summed E-state index contributed by atoms with van der Waals surface area (Å²) in [5.41, 5.74) is 4.58. The number of aliphatic carboxylic acids is 1. The number of aryl methyl sites for hydroxylation is 1. The maximum atomic E-state index is 14.3. The van der Waals surface area contributed by atoms with Gasteiger partial charge in [-0.2, -0.15) is 5.10 Å². The Bertz CT molecular complexity index is 1630. The number of likely N-dealkylation sites (tertiary alicyclic amines) is 2. The Morgan fingerprint density at radius 2 is 1.69 bits per heavy atom. The Morgan fingerprint density at radius 1 is 0.958 bits per heavy atom. The summed E-state index contributed by atoms with van der Waals surface area (Å²) in [5, 5.41) is 15.1. The van der Waals surface area contributed by atoms with Gasteiger partial charge in [0, 0.05) is 50.1 Å². The van der Waals surface area contributed by atoms with E-state index in [4.69, 9.17) is 9.84 Å². The first kappa shape index (κ1) is 33.9. The van der Waals surface area contributed by atoms with Crippen LogP contribution in [-0.4, -0.2) is 69.4 Å². The van der Waals surface area contributed by atoms with E-state index in [9.17, 15) is 14.3 Å². The quantitative estimate of drug-likeness (QED) is 0.159. The van der Waals surface area contributed by atoms with Crippen molar-refractivity contribution >= 4 is 5.97 Å². The van der Waals surface area contributed by atoms with Crippen molar-refractivity contribution in [3.8, 4) is 11.5 Å². The first-order valence-corrected chi connectivity index (χ1v) is 17.6. The van der Waals surface area contributed by atoms with E-state index in [1.807, 2.05) is 55.5 Å². The van der Waals surface area contributed by atoms with E-state index in [1.54, 1.807) is 12.1 Å². The van der Waals surface area contributed by atoms with Crippen LogP contribution in [0.25, 0.3) is 0 Å². The second-order valence-corrected chi connectivity index (χ2v) is 13.7. The molecule has 2 aliphatic heterocycles. The van der Waals surface area contributed by atoms with E-state index in [1.165, 1.54) is 17.3 Å². The van der Waals surface area contributed by atoms with Crippen molar-refractivity contribution in [2.75, 3.05) is 32.7 Å². The molecule has 0 radical (unpaired) electrons. The van der Waals surface area contributed by atoms with Crippen LogP contribution < -0.4 is 4.74 Å². The summed E-state index contributed by atoms with van der Waals surface area (Å²) in [5.74, 6) is 1.50. The highest BCUT2D eigenvalue weighted by Crippen LogP contribution is 2.38. The van der Waals surface area contributed by atoms with Crippen molar-refractivity contribution in [2.45, 2.75) is 70.9 Å². The molecule has 2 fully saturated rings. The number of aromatic nitrogens is 2. The summed E-state index contributed by atoms with van der Waals surface area (Å²) in [6, 6.07) is 26.8. The van der Waals surface area contributed by atoms with Gasteiger partial charge in [0.1, 0.15) is 23.4 Å². The number of hydrogen-bond acceptors (Lipinski definition) is 5. The molecule has 3 aromatic carbocycles. The van der Waals surface area contributed by atoms with Crippen LogP contribution in [-0.2, 0) is 17.8 Å². The third-order valence-electron chi connectivity index (χ3n) is 10.5. The molecular formula is C40H49FN4O3. The number of hydrogen-bond donors (Lipinski definition) is 1. The molecule has 2 aliphatic rings. The zero-order chi connectivity index (χ0) is 33.6. The number of carbonyl (C=O) groups is 1. The summed E-state index contributed by atoms with van der Waals surface area (Å²) < 4.78 is 22.5. The molecule has 0 amide bonds. The number of rotatable bonds is 13. The highest BCUT2D eigenvalue weighted by atomic mass is 19.1. The van der Waals surface area contributed by atoms with Crippen LogP contribution in [0.1, 0.15) is 74.4 Å². The van der Waals surface area contributed by atoms with Gasteiger partial charge in [0.05, 0.1) is 5.69 Å². The predicted molar refractivity (Wildman–Crippen MR) is 187 cm³/mol. The lowest BCUT2D eigenvalue weighted by Crippen LogP contribution is -2.45. The fourth-order valence-corrected chi connectivity index (χ4v) is 7.82. The first-order valence-electron chi connectivity index (χ1n) is 17.6. The van der Waals surface area contributed by atoms with Crippen molar-refractivity contribution < 1.29 is 19.0 Å². The molecule has 4 atom stereocenters. The molecule has 0 aliphatic carbocycles. The summed E-state index contributed by atoms with van der Waals surface area (Å²) in [6.07, 6.45) is 3.70. The van der Waals surface area contributed by atoms with Gasteiger partial charge in [0.25, 0.3) is 0 Å². The molecule has 1 aromatic heterocycles. The molecular weight excluding hydrogens is 603 g/mol. The SMILES string of the molecule is CC[C@@H](C)[C@H](C(=O)O)N1C[C@H](CN2CCC(c3cc(Cc4ccc(Oc5ccccc5)cc4)nn3CC)CC2)[C@@H](c2cccc(F)c2)C1. The van der Waals surface area contributed by atoms with Gasteiger partial charge < -0.3 is 14.7 Å². The van der Waals surface area contributed by atoms with Crippen molar-refractivity contribution in [1.29, 1.82) is 0 Å². The van der Waals surface area contributed by atoms with Gasteiger partial charge in [-0.25, -0.2) is 4.39 Å². The topological polar surface area (TPSA) is 70.8 Å². The molecule has 0 spiro atoms. The van der Waals surface area contributed by atoms with Crippen molar-refractivity contribution in [1.82, 2.24) is 19.6 Å². The Balaban J connectivity index is 1.09. The van der Waals surface area contributed by atoms with Gasteiger partial charge in [0.2, 0.25) is 0 Å². The van der Waals surface area contributed by atoms with Gasteiger partial charge in [-0.15, -0.1) is 0 Å². The summed E-state index contributed by atoms with van der Waals surface area (Å²) in [4.78, 5) is 17.1. The molecule has 254 valence electrons. The van der Waals surface area contributed by atoms with Gasteiger partial charge in [-0.1, -0.05) is 62.7 Å². The summed E-state index contributed by atoms with van der Waals surface area (Å²) >= 11 is 0. The largest absolute Gasteiger partial charge is 0.480 e. The fourth-order valence-electron chi connectivity index (χ4n) is 7.82. The second kappa shape index (κ2) is 15.5. The number of para-hydroxylation sites is 1. The molecule has 1 N–H and O–H groups in total. The van der Waals surface area contributed by atoms with Crippen LogP contribution >= 0.6 is 0 Å². The van der Waals surface area contributed by atoms with Gasteiger partial charge in [-0.05, 0) is 98.3 Å². The highest BCUT2D eigenvalue weighted by Gasteiger charge is 2.42. The number of ether oxygens (including phenoxy) is 1. The maximum Gasteiger partial charge on any atom is 0.321 e. The van der Waals surface area contributed by atoms with Crippen LogP contribution in [0.4, 0.5) is 4.39 Å². The van der Waals surface area contributed by atoms with E-state index >= 15 is 0 Å². The van der Waals surface area contributed by atoms with Gasteiger partial charge in [0.15, 0.2) is 0 Å². The third kappa shape index (κ3) is 7.99. The van der Waals surface area contributed by atoms with Crippen LogP contribution in [0, 0.1) is 17.7 Å². The molecule has 3 heterocycles. The third-order valence-corrected chi connectivity index (χ3v) is 10.5. The van der Waals surface area contributed by atoms with E-state index in [0.717, 1.165) is 74.6 Å². The smallest absolute Gasteiger partial charge is 0.321 e. The van der Waals surface area contributed by atoms with Gasteiger partial charge >= 0.3 is 5.97 Å². The average molecular weight is 653 g/mol. The van der Waals surface area contributed by atoms with E-state index < -0.39 is 12.0 Å². The van der Waals surface area contributed by atoms with Crippen LogP contribution in [0.2, 0.25) is 0 Å². The molecule has 0 bridgehead atoms. The van der Waals surface area contributed by atoms with Crippen molar-refractivity contribution in [3.63, 3.8) is 0 Å². The molecule has 4 aromatic rings. The lowest BCUT2D eigenvalue weighted by Gasteiger charge is -2.35. The Labute approximate surface area is 284 Å². The van der Waals surface area contributed by atoms with Crippen molar-refractivity contribution in [2.24, 2.45) is 11.8 Å². The minimum absolute atomic E-state index is 0.0477. The monoisotopic (exact) mass is 652 g/mol. The van der Waals surface area contributed by atoms with E-state index in [2.05, 4.69) is 46.5 Å². The zero-order valence-electron chi connectivity index (χ0n) is 28.5. The molecule has 8 heteroatoms. The summed E-state index contributed by atoms with van der Waals surface area (Å²) in [7, 11) is 0. The Morgan fingerprint density at radius 3 is 2.35 bits per heavy atom. The lowest BCUT2D eigenvalue weighted by molar-refractivity contribution is -0.145. The minimum atomic E-state index is -0.759.